The summed E-state index contributed by atoms with van der Waals surface area (Å²) in [6, 6.07) is 4.53. The SMILES string of the molecule is Cn1ccnc1C(NCC1(C)CCC1)c1cccs1. The summed E-state index contributed by atoms with van der Waals surface area (Å²) < 4.78 is 2.11. The molecule has 4 heteroatoms. The molecule has 0 aliphatic heterocycles. The minimum atomic E-state index is 0.220. The smallest absolute Gasteiger partial charge is 0.131 e. The summed E-state index contributed by atoms with van der Waals surface area (Å²) in [6.45, 7) is 3.45. The Labute approximate surface area is 118 Å². The molecular weight excluding hydrogens is 254 g/mol. The minimum Gasteiger partial charge on any atom is -0.336 e. The number of aromatic nitrogens is 2. The first-order valence-corrected chi connectivity index (χ1v) is 7.80. The van der Waals surface area contributed by atoms with Crippen LogP contribution >= 0.6 is 11.3 Å². The van der Waals surface area contributed by atoms with Gasteiger partial charge in [0.15, 0.2) is 0 Å². The number of hydrogen-bond donors (Lipinski definition) is 1. The van der Waals surface area contributed by atoms with Gasteiger partial charge in [-0.15, -0.1) is 11.3 Å². The van der Waals surface area contributed by atoms with E-state index in [9.17, 15) is 0 Å². The minimum absolute atomic E-state index is 0.220. The summed E-state index contributed by atoms with van der Waals surface area (Å²) in [5.74, 6) is 1.10. The quantitative estimate of drug-likeness (QED) is 0.907. The zero-order chi connectivity index (χ0) is 13.3. The maximum absolute atomic E-state index is 4.52. The van der Waals surface area contributed by atoms with Crippen molar-refractivity contribution in [1.29, 1.82) is 0 Å². The Morgan fingerprint density at radius 2 is 2.37 bits per heavy atom. The number of hydrogen-bond acceptors (Lipinski definition) is 3. The van der Waals surface area contributed by atoms with Crippen molar-refractivity contribution in [3.63, 3.8) is 0 Å². The van der Waals surface area contributed by atoms with Crippen LogP contribution < -0.4 is 5.32 Å². The Balaban J connectivity index is 1.79. The van der Waals surface area contributed by atoms with Crippen LogP contribution in [0.15, 0.2) is 29.9 Å². The van der Waals surface area contributed by atoms with Gasteiger partial charge in [-0.25, -0.2) is 4.98 Å². The van der Waals surface area contributed by atoms with E-state index < -0.39 is 0 Å². The molecule has 102 valence electrons. The van der Waals surface area contributed by atoms with E-state index in [1.165, 1.54) is 24.1 Å². The molecular formula is C15H21N3S. The predicted molar refractivity (Wildman–Crippen MR) is 79.3 cm³/mol. The van der Waals surface area contributed by atoms with Gasteiger partial charge in [0.25, 0.3) is 0 Å². The molecule has 2 aromatic heterocycles. The van der Waals surface area contributed by atoms with Gasteiger partial charge < -0.3 is 9.88 Å². The molecule has 1 fully saturated rings. The van der Waals surface area contributed by atoms with Crippen LogP contribution in [0.2, 0.25) is 0 Å². The van der Waals surface area contributed by atoms with Crippen molar-refractivity contribution in [2.45, 2.75) is 32.2 Å². The van der Waals surface area contributed by atoms with Gasteiger partial charge in [-0.3, -0.25) is 0 Å². The topological polar surface area (TPSA) is 29.9 Å². The van der Waals surface area contributed by atoms with E-state index in [1.54, 1.807) is 11.3 Å². The van der Waals surface area contributed by atoms with E-state index in [4.69, 9.17) is 0 Å². The second-order valence-electron chi connectivity index (χ2n) is 5.89. The summed E-state index contributed by atoms with van der Waals surface area (Å²) in [4.78, 5) is 5.87. The molecule has 19 heavy (non-hydrogen) atoms. The first-order chi connectivity index (χ1) is 9.18. The van der Waals surface area contributed by atoms with Crippen LogP contribution in [0.25, 0.3) is 0 Å². The third kappa shape index (κ3) is 2.60. The molecule has 0 radical (unpaired) electrons. The Bertz CT molecular complexity index is 525. The zero-order valence-corrected chi connectivity index (χ0v) is 12.4. The third-order valence-electron chi connectivity index (χ3n) is 4.24. The molecule has 1 N–H and O–H groups in total. The van der Waals surface area contributed by atoms with Gasteiger partial charge in [-0.2, -0.15) is 0 Å². The molecule has 1 atom stereocenters. The number of nitrogens with one attached hydrogen (secondary N) is 1. The van der Waals surface area contributed by atoms with E-state index >= 15 is 0 Å². The molecule has 0 aromatic carbocycles. The van der Waals surface area contributed by atoms with E-state index in [0.717, 1.165) is 12.4 Å². The number of imidazole rings is 1. The molecule has 1 aliphatic rings. The van der Waals surface area contributed by atoms with Crippen molar-refractivity contribution >= 4 is 11.3 Å². The standard InChI is InChI=1S/C15H21N3S/c1-15(6-4-7-15)11-17-13(12-5-3-10-19-12)14-16-8-9-18(14)2/h3,5,8-10,13,17H,4,6-7,11H2,1-2H3. The van der Waals surface area contributed by atoms with Gasteiger partial charge >= 0.3 is 0 Å². The molecule has 3 nitrogen and oxygen atoms in total. The van der Waals surface area contributed by atoms with E-state index in [2.05, 4.69) is 46.4 Å². The summed E-state index contributed by atoms with van der Waals surface area (Å²) in [5, 5.41) is 5.87. The van der Waals surface area contributed by atoms with Gasteiger partial charge in [-0.05, 0) is 29.7 Å². The number of aryl methyl sites for hydroxylation is 1. The van der Waals surface area contributed by atoms with Crippen molar-refractivity contribution in [2.24, 2.45) is 12.5 Å². The van der Waals surface area contributed by atoms with Crippen LogP contribution in [-0.2, 0) is 7.05 Å². The lowest BCUT2D eigenvalue weighted by molar-refractivity contribution is 0.153. The summed E-state index contributed by atoms with van der Waals surface area (Å²) in [6.07, 6.45) is 7.96. The number of nitrogens with zero attached hydrogens (tertiary/aromatic N) is 2. The highest BCUT2D eigenvalue weighted by Crippen LogP contribution is 2.40. The van der Waals surface area contributed by atoms with Crippen molar-refractivity contribution in [3.05, 3.63) is 40.6 Å². The molecule has 1 aliphatic carbocycles. The molecule has 0 saturated heterocycles. The maximum atomic E-state index is 4.52. The fraction of sp³-hybridized carbons (Fsp3) is 0.533. The van der Waals surface area contributed by atoms with Crippen LogP contribution in [0.3, 0.4) is 0 Å². The predicted octanol–water partition coefficient (Wildman–Crippen LogP) is 3.35. The lowest BCUT2D eigenvalue weighted by Gasteiger charge is -2.39. The lowest BCUT2D eigenvalue weighted by atomic mass is 9.70. The molecule has 2 heterocycles. The average Bonchev–Trinajstić information content (AvgIpc) is 3.00. The molecule has 2 aromatic rings. The number of rotatable bonds is 5. The second-order valence-corrected chi connectivity index (χ2v) is 6.87. The Morgan fingerprint density at radius 1 is 1.53 bits per heavy atom. The first-order valence-electron chi connectivity index (χ1n) is 6.92. The molecule has 0 spiro atoms. The summed E-state index contributed by atoms with van der Waals surface area (Å²) in [7, 11) is 2.07. The summed E-state index contributed by atoms with van der Waals surface area (Å²) >= 11 is 1.80. The van der Waals surface area contributed by atoms with Gasteiger partial charge in [0.2, 0.25) is 0 Å². The Morgan fingerprint density at radius 3 is 2.89 bits per heavy atom. The van der Waals surface area contributed by atoms with Crippen molar-refractivity contribution in [3.8, 4) is 0 Å². The first kappa shape index (κ1) is 12.9. The second kappa shape index (κ2) is 5.10. The molecule has 0 bridgehead atoms. The highest BCUT2D eigenvalue weighted by atomic mass is 32.1. The van der Waals surface area contributed by atoms with Crippen LogP contribution in [0.5, 0.6) is 0 Å². The highest BCUT2D eigenvalue weighted by molar-refractivity contribution is 7.10. The van der Waals surface area contributed by atoms with Crippen LogP contribution in [0.4, 0.5) is 0 Å². The maximum Gasteiger partial charge on any atom is 0.131 e. The van der Waals surface area contributed by atoms with Gasteiger partial charge in [0, 0.05) is 30.9 Å². The third-order valence-corrected chi connectivity index (χ3v) is 5.18. The Kier molecular flexibility index (Phi) is 3.46. The summed E-state index contributed by atoms with van der Waals surface area (Å²) in [5.41, 5.74) is 0.487. The van der Waals surface area contributed by atoms with Gasteiger partial charge in [0.1, 0.15) is 11.9 Å². The van der Waals surface area contributed by atoms with E-state index in [1.807, 2.05) is 12.4 Å². The monoisotopic (exact) mass is 275 g/mol. The lowest BCUT2D eigenvalue weighted by Crippen LogP contribution is -2.39. The van der Waals surface area contributed by atoms with Crippen molar-refractivity contribution in [1.82, 2.24) is 14.9 Å². The molecule has 0 amide bonds. The fourth-order valence-corrected chi connectivity index (χ4v) is 3.53. The highest BCUT2D eigenvalue weighted by Gasteiger charge is 2.33. The van der Waals surface area contributed by atoms with Crippen LogP contribution in [0.1, 0.15) is 42.9 Å². The molecule has 1 unspecified atom stereocenters. The van der Waals surface area contributed by atoms with Gasteiger partial charge in [0.05, 0.1) is 0 Å². The average molecular weight is 275 g/mol. The van der Waals surface area contributed by atoms with Crippen molar-refractivity contribution < 1.29 is 0 Å². The van der Waals surface area contributed by atoms with Crippen molar-refractivity contribution in [2.75, 3.05) is 6.54 Å². The van der Waals surface area contributed by atoms with Crippen LogP contribution in [-0.4, -0.2) is 16.1 Å². The normalized spacial score (nSPS) is 19.1. The van der Waals surface area contributed by atoms with E-state index in [-0.39, 0.29) is 6.04 Å². The van der Waals surface area contributed by atoms with E-state index in [0.29, 0.717) is 5.41 Å². The molecule has 3 rings (SSSR count). The van der Waals surface area contributed by atoms with Crippen LogP contribution in [0, 0.1) is 5.41 Å². The zero-order valence-electron chi connectivity index (χ0n) is 11.6. The molecule has 1 saturated carbocycles. The number of thiophene rings is 1. The Hall–Kier alpha value is -1.13. The van der Waals surface area contributed by atoms with Gasteiger partial charge in [-0.1, -0.05) is 19.4 Å². The fourth-order valence-electron chi connectivity index (χ4n) is 2.74. The largest absolute Gasteiger partial charge is 0.336 e.